The Labute approximate surface area is 141 Å². The summed E-state index contributed by atoms with van der Waals surface area (Å²) in [6.45, 7) is 4.55. The van der Waals surface area contributed by atoms with Gasteiger partial charge in [0.05, 0.1) is 12.2 Å². The van der Waals surface area contributed by atoms with Crippen molar-refractivity contribution in [1.82, 2.24) is 0 Å². The Morgan fingerprint density at radius 2 is 1.78 bits per heavy atom. The number of pyridine rings is 1. The van der Waals surface area contributed by atoms with Gasteiger partial charge in [0.15, 0.2) is 18.5 Å². The molecule has 124 valence electrons. The fourth-order valence-electron chi connectivity index (χ4n) is 2.09. The second kappa shape index (κ2) is 8.39. The molecule has 2 N–H and O–H groups in total. The SMILES string of the molecule is Cc1ccc(C(=O)OCCC[n+]2ccc(O)c(O)c2C)cc1.[Cl-]. The summed E-state index contributed by atoms with van der Waals surface area (Å²) in [5.74, 6) is -0.603. The summed E-state index contributed by atoms with van der Waals surface area (Å²) in [5.41, 5.74) is 2.21. The number of esters is 1. The van der Waals surface area contributed by atoms with Gasteiger partial charge >= 0.3 is 5.97 Å². The van der Waals surface area contributed by atoms with Crippen LogP contribution in [0.3, 0.4) is 0 Å². The quantitative estimate of drug-likeness (QED) is 0.428. The fraction of sp³-hybridized carbons (Fsp3) is 0.294. The van der Waals surface area contributed by atoms with E-state index >= 15 is 0 Å². The van der Waals surface area contributed by atoms with E-state index in [4.69, 9.17) is 4.74 Å². The van der Waals surface area contributed by atoms with Crippen molar-refractivity contribution >= 4 is 5.97 Å². The van der Waals surface area contributed by atoms with Crippen LogP contribution >= 0.6 is 0 Å². The van der Waals surface area contributed by atoms with Crippen molar-refractivity contribution in [3.05, 3.63) is 53.3 Å². The summed E-state index contributed by atoms with van der Waals surface area (Å²) in [4.78, 5) is 11.8. The fourth-order valence-corrected chi connectivity index (χ4v) is 2.09. The zero-order valence-electron chi connectivity index (χ0n) is 13.1. The standard InChI is InChI=1S/C17H19NO4.ClH/c1-12-4-6-14(7-5-12)17(21)22-11-3-9-18-10-8-15(19)16(20)13(18)2;/h4-8,10,20H,3,9,11H2,1-2H3;1H. The molecule has 0 radical (unpaired) electrons. The van der Waals surface area contributed by atoms with E-state index in [0.29, 0.717) is 30.8 Å². The first-order valence-electron chi connectivity index (χ1n) is 7.14. The number of hydrogen-bond donors (Lipinski definition) is 2. The number of aromatic nitrogens is 1. The monoisotopic (exact) mass is 337 g/mol. The number of carbonyl (C=O) groups is 1. The van der Waals surface area contributed by atoms with Gasteiger partial charge in [-0.25, -0.2) is 4.79 Å². The lowest BCUT2D eigenvalue weighted by atomic mass is 10.1. The van der Waals surface area contributed by atoms with Gasteiger partial charge in [0.25, 0.3) is 0 Å². The van der Waals surface area contributed by atoms with Crippen LogP contribution in [0.5, 0.6) is 11.5 Å². The molecule has 1 aromatic carbocycles. The van der Waals surface area contributed by atoms with E-state index in [0.717, 1.165) is 5.56 Å². The Kier molecular flexibility index (Phi) is 6.85. The van der Waals surface area contributed by atoms with Crippen molar-refractivity contribution in [3.63, 3.8) is 0 Å². The Balaban J connectivity index is 0.00000264. The van der Waals surface area contributed by atoms with E-state index in [2.05, 4.69) is 0 Å². The van der Waals surface area contributed by atoms with E-state index in [1.807, 2.05) is 19.1 Å². The van der Waals surface area contributed by atoms with Crippen molar-refractivity contribution in [1.29, 1.82) is 0 Å². The predicted molar refractivity (Wildman–Crippen MR) is 80.8 cm³/mol. The van der Waals surface area contributed by atoms with Gasteiger partial charge in [0.2, 0.25) is 11.4 Å². The van der Waals surface area contributed by atoms with Crippen LogP contribution < -0.4 is 17.0 Å². The number of nitrogens with zero attached hydrogens (tertiary/aromatic N) is 1. The first-order valence-corrected chi connectivity index (χ1v) is 7.14. The molecule has 6 heteroatoms. The predicted octanol–water partition coefficient (Wildman–Crippen LogP) is -0.747. The van der Waals surface area contributed by atoms with E-state index in [-0.39, 0.29) is 29.9 Å². The average molecular weight is 338 g/mol. The third-order valence-electron chi connectivity index (χ3n) is 3.49. The molecule has 5 nitrogen and oxygen atoms in total. The maximum atomic E-state index is 11.8. The highest BCUT2D eigenvalue weighted by molar-refractivity contribution is 5.89. The molecular weight excluding hydrogens is 318 g/mol. The number of hydrogen-bond acceptors (Lipinski definition) is 4. The molecule has 2 rings (SSSR count). The maximum absolute atomic E-state index is 11.8. The number of rotatable bonds is 5. The largest absolute Gasteiger partial charge is 1.00 e. The lowest BCUT2D eigenvalue weighted by Crippen LogP contribution is -3.00. The summed E-state index contributed by atoms with van der Waals surface area (Å²) in [6, 6.07) is 8.66. The Morgan fingerprint density at radius 3 is 2.43 bits per heavy atom. The number of halogens is 1. The van der Waals surface area contributed by atoms with E-state index in [1.165, 1.54) is 6.07 Å². The molecule has 23 heavy (non-hydrogen) atoms. The summed E-state index contributed by atoms with van der Waals surface area (Å²) >= 11 is 0. The molecule has 0 fully saturated rings. The maximum Gasteiger partial charge on any atom is 0.338 e. The van der Waals surface area contributed by atoms with Crippen molar-refractivity contribution in [2.45, 2.75) is 26.8 Å². The van der Waals surface area contributed by atoms with Gasteiger partial charge < -0.3 is 27.4 Å². The van der Waals surface area contributed by atoms with Crippen LogP contribution in [0.15, 0.2) is 36.5 Å². The van der Waals surface area contributed by atoms with Crippen LogP contribution in [0.25, 0.3) is 0 Å². The van der Waals surface area contributed by atoms with Crippen molar-refractivity contribution in [2.24, 2.45) is 0 Å². The molecule has 0 amide bonds. The summed E-state index contributed by atoms with van der Waals surface area (Å²) < 4.78 is 7.02. The minimum absolute atomic E-state index is 0. The normalized spacial score (nSPS) is 10.0. The lowest BCUT2D eigenvalue weighted by molar-refractivity contribution is -0.703. The Hall–Kier alpha value is -2.27. The molecule has 0 aliphatic heterocycles. The zero-order chi connectivity index (χ0) is 16.1. The van der Waals surface area contributed by atoms with Crippen LogP contribution in [-0.2, 0) is 11.3 Å². The third kappa shape index (κ3) is 4.86. The lowest BCUT2D eigenvalue weighted by Gasteiger charge is -2.06. The summed E-state index contributed by atoms with van der Waals surface area (Å²) in [7, 11) is 0. The first kappa shape index (κ1) is 18.8. The molecular formula is C17H20ClNO4. The van der Waals surface area contributed by atoms with E-state index in [1.54, 1.807) is 29.8 Å². The van der Waals surface area contributed by atoms with Gasteiger partial charge in [-0.3, -0.25) is 0 Å². The number of aryl methyl sites for hydroxylation is 2. The zero-order valence-corrected chi connectivity index (χ0v) is 13.9. The van der Waals surface area contributed by atoms with Gasteiger partial charge in [0.1, 0.15) is 0 Å². The molecule has 0 aliphatic carbocycles. The van der Waals surface area contributed by atoms with Gasteiger partial charge in [-0.05, 0) is 19.1 Å². The molecule has 0 unspecified atom stereocenters. The molecule has 1 aromatic heterocycles. The summed E-state index contributed by atoms with van der Waals surface area (Å²) in [6.07, 6.45) is 2.31. The highest BCUT2D eigenvalue weighted by atomic mass is 35.5. The topological polar surface area (TPSA) is 70.6 Å². The number of benzene rings is 1. The van der Waals surface area contributed by atoms with Crippen molar-refractivity contribution in [3.8, 4) is 11.5 Å². The minimum Gasteiger partial charge on any atom is -1.00 e. The second-order valence-electron chi connectivity index (χ2n) is 5.18. The van der Waals surface area contributed by atoms with Crippen LogP contribution in [-0.4, -0.2) is 22.8 Å². The van der Waals surface area contributed by atoms with Crippen LogP contribution in [0, 0.1) is 13.8 Å². The number of carbonyl (C=O) groups excluding carboxylic acids is 1. The molecule has 0 spiro atoms. The number of ether oxygens (including phenoxy) is 1. The third-order valence-corrected chi connectivity index (χ3v) is 3.49. The summed E-state index contributed by atoms with van der Waals surface area (Å²) in [5, 5.41) is 19.0. The highest BCUT2D eigenvalue weighted by Crippen LogP contribution is 2.24. The molecule has 1 heterocycles. The van der Waals surface area contributed by atoms with Crippen molar-refractivity contribution < 1.29 is 36.7 Å². The first-order chi connectivity index (χ1) is 10.5. The Bertz CT molecular complexity index is 671. The minimum atomic E-state index is -0.338. The average Bonchev–Trinajstić information content (AvgIpc) is 2.51. The van der Waals surface area contributed by atoms with Gasteiger partial charge in [-0.15, -0.1) is 0 Å². The highest BCUT2D eigenvalue weighted by Gasteiger charge is 2.15. The van der Waals surface area contributed by atoms with Gasteiger partial charge in [-0.2, -0.15) is 4.57 Å². The Morgan fingerprint density at radius 1 is 1.13 bits per heavy atom. The molecule has 0 saturated heterocycles. The van der Waals surface area contributed by atoms with Gasteiger partial charge in [-0.1, -0.05) is 17.7 Å². The van der Waals surface area contributed by atoms with Crippen molar-refractivity contribution in [2.75, 3.05) is 6.61 Å². The molecule has 0 saturated carbocycles. The molecule has 0 atom stereocenters. The molecule has 0 aliphatic rings. The van der Waals surface area contributed by atoms with E-state index in [9.17, 15) is 15.0 Å². The van der Waals surface area contributed by atoms with Crippen LogP contribution in [0.1, 0.15) is 28.0 Å². The molecule has 2 aromatic rings. The number of aromatic hydroxyl groups is 2. The molecule has 0 bridgehead atoms. The van der Waals surface area contributed by atoms with E-state index < -0.39 is 0 Å². The van der Waals surface area contributed by atoms with Crippen LogP contribution in [0.2, 0.25) is 0 Å². The van der Waals surface area contributed by atoms with Crippen LogP contribution in [0.4, 0.5) is 0 Å². The smallest absolute Gasteiger partial charge is 0.338 e. The van der Waals surface area contributed by atoms with Gasteiger partial charge in [0, 0.05) is 19.4 Å². The second-order valence-corrected chi connectivity index (χ2v) is 5.18.